The van der Waals surface area contributed by atoms with E-state index in [1.54, 1.807) is 4.90 Å². The van der Waals surface area contributed by atoms with Gasteiger partial charge in [-0.1, -0.05) is 0 Å². The molecule has 1 aliphatic carbocycles. The molecule has 2 aromatic heterocycles. The normalized spacial score (nSPS) is 23.3. The molecule has 2 saturated heterocycles. The third-order valence-electron chi connectivity index (χ3n) is 7.49. The van der Waals surface area contributed by atoms with Gasteiger partial charge in [-0.15, -0.1) is 0 Å². The number of pyridine rings is 1. The van der Waals surface area contributed by atoms with Crippen LogP contribution in [-0.2, 0) is 4.79 Å². The minimum Gasteiger partial charge on any atom is -0.481 e. The van der Waals surface area contributed by atoms with Crippen LogP contribution in [0.2, 0.25) is 0 Å². The first-order valence-corrected chi connectivity index (χ1v) is 12.2. The Morgan fingerprint density at radius 2 is 2.03 bits per heavy atom. The maximum Gasteiger partial charge on any atom is 0.401 e. The van der Waals surface area contributed by atoms with Gasteiger partial charge in [-0.3, -0.25) is 19.6 Å². The van der Waals surface area contributed by atoms with Crippen LogP contribution in [0.5, 0.6) is 5.88 Å². The molecular formula is C24H28F4N6O3. The summed E-state index contributed by atoms with van der Waals surface area (Å²) < 4.78 is 57.3. The zero-order chi connectivity index (χ0) is 26.4. The van der Waals surface area contributed by atoms with E-state index in [-0.39, 0.29) is 53.2 Å². The van der Waals surface area contributed by atoms with Gasteiger partial charge in [-0.2, -0.15) is 18.3 Å². The first kappa shape index (κ1) is 25.4. The summed E-state index contributed by atoms with van der Waals surface area (Å²) in [5.74, 6) is -1.12. The topological polar surface area (TPSA) is 103 Å². The molecular weight excluding hydrogens is 496 g/mol. The molecule has 4 heterocycles. The number of amides is 2. The number of piperidine rings is 1. The zero-order valence-electron chi connectivity index (χ0n) is 20.3. The molecule has 37 heavy (non-hydrogen) atoms. The van der Waals surface area contributed by atoms with Crippen LogP contribution in [0, 0.1) is 11.7 Å². The van der Waals surface area contributed by atoms with E-state index in [2.05, 4.69) is 20.5 Å². The molecule has 0 aromatic carbocycles. The molecule has 2 atom stereocenters. The third-order valence-corrected chi connectivity index (χ3v) is 7.49. The highest BCUT2D eigenvalue weighted by Gasteiger charge is 2.54. The lowest BCUT2D eigenvalue weighted by Crippen LogP contribution is -2.52. The fraction of sp³-hybridized carbons (Fsp3) is 0.583. The highest BCUT2D eigenvalue weighted by molar-refractivity contribution is 5.94. The first-order valence-electron chi connectivity index (χ1n) is 12.2. The molecule has 2 amide bonds. The molecule has 200 valence electrons. The van der Waals surface area contributed by atoms with Crippen LogP contribution in [0.3, 0.4) is 0 Å². The van der Waals surface area contributed by atoms with Crippen molar-refractivity contribution in [3.8, 4) is 17.1 Å². The van der Waals surface area contributed by atoms with Crippen molar-refractivity contribution in [3.63, 3.8) is 0 Å². The van der Waals surface area contributed by atoms with E-state index >= 15 is 0 Å². The summed E-state index contributed by atoms with van der Waals surface area (Å²) in [7, 11) is 1.42. The number of nitrogens with one attached hydrogen (secondary N) is 2. The van der Waals surface area contributed by atoms with Gasteiger partial charge in [0, 0.05) is 48.8 Å². The molecule has 5 rings (SSSR count). The van der Waals surface area contributed by atoms with Crippen molar-refractivity contribution >= 4 is 11.8 Å². The zero-order valence-corrected chi connectivity index (χ0v) is 20.3. The Morgan fingerprint density at radius 1 is 1.24 bits per heavy atom. The van der Waals surface area contributed by atoms with Crippen molar-refractivity contribution in [2.24, 2.45) is 5.92 Å². The molecule has 0 radical (unpaired) electrons. The van der Waals surface area contributed by atoms with Gasteiger partial charge >= 0.3 is 6.18 Å². The molecule has 0 bridgehead atoms. The Labute approximate surface area is 210 Å². The molecule has 9 nitrogen and oxygen atoms in total. The molecule has 13 heteroatoms. The van der Waals surface area contributed by atoms with E-state index in [9.17, 15) is 27.2 Å². The van der Waals surface area contributed by atoms with E-state index in [0.29, 0.717) is 32.4 Å². The van der Waals surface area contributed by atoms with E-state index in [1.807, 2.05) is 0 Å². The minimum atomic E-state index is -4.26. The molecule has 1 spiro atoms. The standard InChI is InChI=1S/C24H28F4N6O3/c1-37-20-8-16(17(25)11-29-20)18-9-19(32-31-18)22(36)34-7-2-14(10-23(34)4-5-23)21(35)30-15-3-6-33(12-15)13-24(26,27)28/h8-9,11,14-15H,2-7,10,12-13H2,1H3,(H,30,35)(H,31,32)/t14?,15-/m0/s1. The van der Waals surface area contributed by atoms with Gasteiger partial charge in [-0.25, -0.2) is 9.37 Å². The Kier molecular flexibility index (Phi) is 6.59. The SMILES string of the molecule is COc1cc(-c2cc(C(=O)N3CCC(C(=O)N[C@H]4CCN(CC(F)(F)F)C4)CC34CC4)[nH]n2)c(F)cn1. The van der Waals surface area contributed by atoms with Crippen molar-refractivity contribution in [1.29, 1.82) is 0 Å². The summed E-state index contributed by atoms with van der Waals surface area (Å²) in [6.07, 6.45) is -0.262. The van der Waals surface area contributed by atoms with Crippen LogP contribution in [-0.4, -0.2) is 87.8 Å². The molecule has 1 unspecified atom stereocenters. The fourth-order valence-corrected chi connectivity index (χ4v) is 5.46. The van der Waals surface area contributed by atoms with Crippen molar-refractivity contribution < 1.29 is 31.9 Å². The van der Waals surface area contributed by atoms with Crippen molar-refractivity contribution in [2.45, 2.75) is 49.9 Å². The van der Waals surface area contributed by atoms with Crippen LogP contribution in [0.25, 0.3) is 11.3 Å². The molecule has 2 aromatic rings. The van der Waals surface area contributed by atoms with Gasteiger partial charge in [0.25, 0.3) is 5.91 Å². The number of hydrogen-bond donors (Lipinski definition) is 2. The fourth-order valence-electron chi connectivity index (χ4n) is 5.46. The monoisotopic (exact) mass is 524 g/mol. The van der Waals surface area contributed by atoms with Crippen LogP contribution < -0.4 is 10.1 Å². The number of aromatic nitrogens is 3. The van der Waals surface area contributed by atoms with Gasteiger partial charge in [-0.05, 0) is 38.2 Å². The van der Waals surface area contributed by atoms with Gasteiger partial charge < -0.3 is 15.0 Å². The van der Waals surface area contributed by atoms with E-state index in [0.717, 1.165) is 19.0 Å². The van der Waals surface area contributed by atoms with Crippen LogP contribution in [0.4, 0.5) is 17.6 Å². The highest BCUT2D eigenvalue weighted by atomic mass is 19.4. The number of alkyl halides is 3. The maximum atomic E-state index is 14.3. The summed E-state index contributed by atoms with van der Waals surface area (Å²) in [6.45, 7) is -0.128. The predicted molar refractivity (Wildman–Crippen MR) is 123 cm³/mol. The number of carbonyl (C=O) groups excluding carboxylic acids is 2. The van der Waals surface area contributed by atoms with Crippen molar-refractivity contribution in [1.82, 2.24) is 30.3 Å². The summed E-state index contributed by atoms with van der Waals surface area (Å²) in [4.78, 5) is 33.1. The number of halogens is 4. The number of hydrogen-bond acceptors (Lipinski definition) is 6. The Balaban J connectivity index is 1.20. The minimum absolute atomic E-state index is 0.152. The average Bonchev–Trinajstić information content (AvgIpc) is 3.23. The number of aromatic amines is 1. The summed E-state index contributed by atoms with van der Waals surface area (Å²) >= 11 is 0. The van der Waals surface area contributed by atoms with Gasteiger partial charge in [0.2, 0.25) is 11.8 Å². The maximum absolute atomic E-state index is 14.3. The van der Waals surface area contributed by atoms with Crippen LogP contribution in [0.15, 0.2) is 18.3 Å². The van der Waals surface area contributed by atoms with Crippen molar-refractivity contribution in [3.05, 3.63) is 29.8 Å². The molecule has 3 fully saturated rings. The second-order valence-corrected chi connectivity index (χ2v) is 10.1. The van der Waals surface area contributed by atoms with Gasteiger partial charge in [0.1, 0.15) is 5.69 Å². The number of carbonyl (C=O) groups is 2. The van der Waals surface area contributed by atoms with E-state index in [4.69, 9.17) is 4.74 Å². The van der Waals surface area contributed by atoms with Gasteiger partial charge in [0.05, 0.1) is 25.5 Å². The molecule has 2 aliphatic heterocycles. The second-order valence-electron chi connectivity index (χ2n) is 10.1. The van der Waals surface area contributed by atoms with Crippen LogP contribution in [0.1, 0.15) is 42.6 Å². The van der Waals surface area contributed by atoms with Crippen molar-refractivity contribution in [2.75, 3.05) is 33.3 Å². The van der Waals surface area contributed by atoms with E-state index < -0.39 is 24.1 Å². The highest BCUT2D eigenvalue weighted by Crippen LogP contribution is 2.50. The van der Waals surface area contributed by atoms with E-state index in [1.165, 1.54) is 24.1 Å². The lowest BCUT2D eigenvalue weighted by atomic mass is 9.87. The number of likely N-dealkylation sites (tertiary alicyclic amines) is 2. The number of H-pyrrole nitrogens is 1. The number of nitrogens with zero attached hydrogens (tertiary/aromatic N) is 4. The molecule has 1 saturated carbocycles. The Hall–Kier alpha value is -3.22. The summed E-state index contributed by atoms with van der Waals surface area (Å²) in [5, 5.41) is 9.73. The van der Waals surface area contributed by atoms with Crippen LogP contribution >= 0.6 is 0 Å². The quantitative estimate of drug-likeness (QED) is 0.564. The summed E-state index contributed by atoms with van der Waals surface area (Å²) in [5.41, 5.74) is 0.192. The first-order chi connectivity index (χ1) is 17.6. The second kappa shape index (κ2) is 9.58. The van der Waals surface area contributed by atoms with Gasteiger partial charge in [0.15, 0.2) is 5.82 Å². The number of ether oxygens (including phenoxy) is 1. The Morgan fingerprint density at radius 3 is 2.73 bits per heavy atom. The Bertz CT molecular complexity index is 1180. The molecule has 3 aliphatic rings. The summed E-state index contributed by atoms with van der Waals surface area (Å²) in [6, 6.07) is 2.58. The average molecular weight is 525 g/mol. The molecule has 2 N–H and O–H groups in total. The lowest BCUT2D eigenvalue weighted by Gasteiger charge is -2.39. The third kappa shape index (κ3) is 5.41. The number of rotatable bonds is 6. The predicted octanol–water partition coefficient (Wildman–Crippen LogP) is 2.76. The lowest BCUT2D eigenvalue weighted by molar-refractivity contribution is -0.143. The smallest absolute Gasteiger partial charge is 0.401 e. The largest absolute Gasteiger partial charge is 0.481 e. The number of methoxy groups -OCH3 is 1.